The summed E-state index contributed by atoms with van der Waals surface area (Å²) in [6, 6.07) is 24.2. The summed E-state index contributed by atoms with van der Waals surface area (Å²) in [5, 5.41) is 4.09. The number of fused-ring (bicyclic) bond motifs is 2. The van der Waals surface area contributed by atoms with Gasteiger partial charge in [0.2, 0.25) is 0 Å². The first-order valence-electron chi connectivity index (χ1n) is 18.9. The van der Waals surface area contributed by atoms with Crippen LogP contribution < -0.4 is 10.6 Å². The second kappa shape index (κ2) is 12.6. The van der Waals surface area contributed by atoms with Crippen LogP contribution in [0.5, 0.6) is 0 Å². The van der Waals surface area contributed by atoms with Crippen LogP contribution in [0.15, 0.2) is 72.8 Å². The van der Waals surface area contributed by atoms with Gasteiger partial charge >= 0.3 is 320 Å². The van der Waals surface area contributed by atoms with Gasteiger partial charge in [-0.25, -0.2) is 0 Å². The van der Waals surface area contributed by atoms with Crippen molar-refractivity contribution in [3.8, 4) is 11.1 Å². The van der Waals surface area contributed by atoms with E-state index >= 15 is 0 Å². The molecule has 0 atom stereocenters. The van der Waals surface area contributed by atoms with Crippen LogP contribution >= 0.6 is 7.28 Å². The summed E-state index contributed by atoms with van der Waals surface area (Å²) in [6.07, 6.45) is 0. The van der Waals surface area contributed by atoms with Crippen molar-refractivity contribution in [3.05, 3.63) is 106 Å². The van der Waals surface area contributed by atoms with Gasteiger partial charge in [0, 0.05) is 0 Å². The van der Waals surface area contributed by atoms with Crippen molar-refractivity contribution in [2.24, 2.45) is 0 Å². The summed E-state index contributed by atoms with van der Waals surface area (Å²) in [4.78, 5) is 52.4. The summed E-state index contributed by atoms with van der Waals surface area (Å²) < 4.78 is 0. The first-order chi connectivity index (χ1) is 23.8. The van der Waals surface area contributed by atoms with Crippen LogP contribution in [0.4, 0.5) is 0 Å². The van der Waals surface area contributed by atoms with Gasteiger partial charge in [0.15, 0.2) is 0 Å². The molecule has 0 fully saturated rings. The molecule has 5 rings (SSSR count). The number of hydrogen-bond donors (Lipinski definition) is 3. The van der Waals surface area contributed by atoms with Crippen molar-refractivity contribution in [3.63, 3.8) is 0 Å². The Bertz CT molecular complexity index is 2270. The second-order valence-electron chi connectivity index (χ2n) is 20.6. The zero-order valence-electron chi connectivity index (χ0n) is 35.1. The third-order valence-electron chi connectivity index (χ3n) is 10.7. The predicted molar refractivity (Wildman–Crippen MR) is 230 cm³/mol. The molecule has 284 valence electrons. The van der Waals surface area contributed by atoms with Gasteiger partial charge in [0.25, 0.3) is 0 Å². The fourth-order valence-electron chi connectivity index (χ4n) is 7.68. The molecule has 0 saturated carbocycles. The molecule has 5 aromatic carbocycles. The Kier molecular flexibility index (Phi) is 9.67. The third kappa shape index (κ3) is 7.63. The molecule has 0 aliphatic heterocycles. The summed E-state index contributed by atoms with van der Waals surface area (Å²) in [5.74, 6) is -0.134. The molecule has 0 radical (unpaired) electrons. The van der Waals surface area contributed by atoms with Gasteiger partial charge in [-0.1, -0.05) is 0 Å². The van der Waals surface area contributed by atoms with E-state index in [1.165, 1.54) is 11.1 Å². The van der Waals surface area contributed by atoms with Crippen LogP contribution in [0, 0.1) is 0 Å². The summed E-state index contributed by atoms with van der Waals surface area (Å²) in [7, 11) is -5.93. The molecular weight excluding hydrogens is 671 g/mol. The van der Waals surface area contributed by atoms with Gasteiger partial charge in [0.05, 0.1) is 0 Å². The first-order valence-corrected chi connectivity index (χ1v) is 21.0. The number of carbonyl (C=O) groups excluding carboxylic acids is 1. The molecule has 3 N–H and O–H groups in total. The molecule has 0 bridgehead atoms. The molecule has 0 saturated heterocycles. The Morgan fingerprint density at radius 3 is 1.34 bits per heavy atom. The Labute approximate surface area is 318 Å². The molecule has 0 amide bonds. The fraction of sp³-hybridized carbons (Fsp3) is 0.438. The van der Waals surface area contributed by atoms with Crippen LogP contribution in [0.3, 0.4) is 0 Å². The maximum atomic E-state index is 13.7. The number of benzene rings is 5. The van der Waals surface area contributed by atoms with Gasteiger partial charge in [-0.05, 0) is 0 Å². The standard InChI is InChI=1S/C48H63O4P/c1-29(49)36-21-22-40(53(50,51,52)41-28-31-18-20-35(45(5,6)7)24-33(31)27-39(41)47(11,12)13)43(48(14,15)16)42(36)37-25-30-17-19-34(44(2,3)4)23-32(30)26-38(37)46(8,9)10/h17-28,50-52H,1-16H3. The molecule has 4 nitrogen and oxygen atoms in total. The minimum absolute atomic E-state index is 0.0285. The fourth-order valence-corrected chi connectivity index (χ4v) is 10.4. The van der Waals surface area contributed by atoms with E-state index in [1.807, 2.05) is 53.7 Å². The van der Waals surface area contributed by atoms with Gasteiger partial charge in [-0.15, -0.1) is 0 Å². The van der Waals surface area contributed by atoms with E-state index in [9.17, 15) is 19.5 Å². The van der Waals surface area contributed by atoms with E-state index in [0.717, 1.165) is 32.7 Å². The number of Topliss-reactive ketones (excluding diaryl/α,β-unsaturated/α-hetero) is 1. The predicted octanol–water partition coefficient (Wildman–Crippen LogP) is 11.6. The molecule has 5 heteroatoms. The van der Waals surface area contributed by atoms with Crippen LogP contribution in [0.2, 0.25) is 0 Å². The number of carbonyl (C=O) groups is 1. The van der Waals surface area contributed by atoms with Crippen molar-refractivity contribution in [2.75, 3.05) is 0 Å². The summed E-state index contributed by atoms with van der Waals surface area (Å²) in [6.45, 7) is 33.3. The second-order valence-corrected chi connectivity index (χ2v) is 23.5. The molecular formula is C48H63O4P. The van der Waals surface area contributed by atoms with Gasteiger partial charge < -0.3 is 0 Å². The molecule has 5 aromatic rings. The van der Waals surface area contributed by atoms with Crippen molar-refractivity contribution in [1.82, 2.24) is 0 Å². The van der Waals surface area contributed by atoms with E-state index in [-0.39, 0.29) is 32.6 Å². The average molecular weight is 735 g/mol. The van der Waals surface area contributed by atoms with E-state index < -0.39 is 18.1 Å². The average Bonchev–Trinajstić information content (AvgIpc) is 2.99. The quantitative estimate of drug-likeness (QED) is 0.127. The molecule has 0 aliphatic rings. The molecule has 0 heterocycles. The van der Waals surface area contributed by atoms with Crippen molar-refractivity contribution >= 4 is 45.2 Å². The van der Waals surface area contributed by atoms with Crippen LogP contribution in [-0.4, -0.2) is 20.5 Å². The van der Waals surface area contributed by atoms with Crippen LogP contribution in [-0.2, 0) is 27.1 Å². The van der Waals surface area contributed by atoms with E-state index in [2.05, 4.69) is 105 Å². The zero-order valence-corrected chi connectivity index (χ0v) is 36.0. The Morgan fingerprint density at radius 1 is 0.472 bits per heavy atom. The van der Waals surface area contributed by atoms with Gasteiger partial charge in [0.1, 0.15) is 0 Å². The number of ketones is 1. The molecule has 0 spiro atoms. The first kappa shape index (κ1) is 40.8. The molecule has 0 aliphatic carbocycles. The third-order valence-corrected chi connectivity index (χ3v) is 13.3. The zero-order chi connectivity index (χ0) is 40.1. The van der Waals surface area contributed by atoms with E-state index in [4.69, 9.17) is 0 Å². The number of rotatable bonds is 4. The van der Waals surface area contributed by atoms with Gasteiger partial charge in [-0.2, -0.15) is 0 Å². The summed E-state index contributed by atoms with van der Waals surface area (Å²) in [5.41, 5.74) is 4.89. The SMILES string of the molecule is CC(=O)c1ccc(P(O)(O)(O)c2cc3ccc(C(C)(C)C)cc3cc2C(C)(C)C)c(C(C)(C)C)c1-c1cc2ccc(C(C)(C)C)cc2cc1C(C)(C)C. The van der Waals surface area contributed by atoms with E-state index in [1.54, 1.807) is 25.1 Å². The Morgan fingerprint density at radius 2 is 0.925 bits per heavy atom. The van der Waals surface area contributed by atoms with Gasteiger partial charge in [-0.3, -0.25) is 0 Å². The monoisotopic (exact) mass is 734 g/mol. The minimum atomic E-state index is -5.93. The van der Waals surface area contributed by atoms with Crippen molar-refractivity contribution in [1.29, 1.82) is 0 Å². The molecule has 53 heavy (non-hydrogen) atoms. The Balaban J connectivity index is 1.96. The molecule has 0 aromatic heterocycles. The Hall–Kier alpha value is -3.40. The topological polar surface area (TPSA) is 77.8 Å². The normalized spacial score (nSPS) is 14.4. The number of hydrogen-bond acceptors (Lipinski definition) is 4. The van der Waals surface area contributed by atoms with Crippen molar-refractivity contribution in [2.45, 2.75) is 138 Å². The summed E-state index contributed by atoms with van der Waals surface area (Å²) >= 11 is 0. The van der Waals surface area contributed by atoms with Crippen LogP contribution in [0.1, 0.15) is 149 Å². The van der Waals surface area contributed by atoms with E-state index in [0.29, 0.717) is 22.3 Å². The van der Waals surface area contributed by atoms with Crippen molar-refractivity contribution < 1.29 is 19.5 Å². The molecule has 0 unspecified atom stereocenters. The maximum absolute atomic E-state index is 13.7. The van der Waals surface area contributed by atoms with Crippen LogP contribution in [0.25, 0.3) is 32.7 Å².